The minimum Gasteiger partial charge on any atom is -0.494 e. The van der Waals surface area contributed by atoms with Crippen LogP contribution in [0.3, 0.4) is 0 Å². The minimum atomic E-state index is 0.186. The van der Waals surface area contributed by atoms with Gasteiger partial charge in [-0.15, -0.1) is 11.3 Å². The van der Waals surface area contributed by atoms with Gasteiger partial charge >= 0.3 is 0 Å². The van der Waals surface area contributed by atoms with E-state index in [9.17, 15) is 5.11 Å². The molecule has 0 aliphatic heterocycles. The van der Waals surface area contributed by atoms with Crippen LogP contribution in [0.25, 0.3) is 27.2 Å². The van der Waals surface area contributed by atoms with Gasteiger partial charge in [-0.3, -0.25) is 4.57 Å². The monoisotopic (exact) mass is 367 g/mol. The molecule has 0 saturated heterocycles. The molecule has 4 heterocycles. The lowest BCUT2D eigenvalue weighted by atomic mass is 10.1. The Labute approximate surface area is 154 Å². The highest BCUT2D eigenvalue weighted by Gasteiger charge is 2.14. The van der Waals surface area contributed by atoms with Crippen molar-refractivity contribution in [1.29, 1.82) is 0 Å². The number of thiophene rings is 1. The maximum Gasteiger partial charge on any atom is 0.256 e. The first kappa shape index (κ1) is 16.4. The number of nitrogens with zero attached hydrogens (tertiary/aromatic N) is 3. The fourth-order valence-electron chi connectivity index (χ4n) is 2.83. The summed E-state index contributed by atoms with van der Waals surface area (Å²) in [5.74, 6) is 1.15. The van der Waals surface area contributed by atoms with Crippen LogP contribution in [0.5, 0.6) is 17.5 Å². The van der Waals surface area contributed by atoms with Crippen molar-refractivity contribution >= 4 is 22.2 Å². The number of methoxy groups -OCH3 is 2. The molecule has 0 aromatic carbocycles. The van der Waals surface area contributed by atoms with Gasteiger partial charge in [-0.2, -0.15) is 0 Å². The Hall–Kier alpha value is -3.06. The van der Waals surface area contributed by atoms with Crippen LogP contribution in [0.2, 0.25) is 0 Å². The molecule has 4 rings (SSSR count). The fourth-order valence-corrected chi connectivity index (χ4v) is 3.67. The van der Waals surface area contributed by atoms with E-state index in [2.05, 4.69) is 9.97 Å². The summed E-state index contributed by atoms with van der Waals surface area (Å²) in [5.41, 5.74) is 2.26. The fraction of sp³-hybridized carbons (Fsp3) is 0.158. The molecule has 0 atom stereocenters. The second kappa shape index (κ2) is 6.34. The van der Waals surface area contributed by atoms with Gasteiger partial charge in [0.2, 0.25) is 5.88 Å². The first-order valence-electron chi connectivity index (χ1n) is 7.97. The summed E-state index contributed by atoms with van der Waals surface area (Å²) in [6.07, 6.45) is 3.53. The van der Waals surface area contributed by atoms with Crippen molar-refractivity contribution in [2.45, 2.75) is 6.92 Å². The number of hydrogen-bond acceptors (Lipinski definition) is 6. The molecule has 4 aromatic heterocycles. The zero-order valence-corrected chi connectivity index (χ0v) is 15.4. The van der Waals surface area contributed by atoms with E-state index < -0.39 is 0 Å². The Bertz CT molecular complexity index is 1100. The Morgan fingerprint density at radius 3 is 2.65 bits per heavy atom. The molecule has 6 nitrogen and oxygen atoms in total. The summed E-state index contributed by atoms with van der Waals surface area (Å²) in [4.78, 5) is 10.1. The minimum absolute atomic E-state index is 0.186. The number of fused-ring (bicyclic) bond motifs is 1. The summed E-state index contributed by atoms with van der Waals surface area (Å²) in [7, 11) is 3.12. The second-order valence-corrected chi connectivity index (χ2v) is 7.04. The molecule has 0 spiro atoms. The van der Waals surface area contributed by atoms with Gasteiger partial charge in [-0.05, 0) is 37.3 Å². The largest absolute Gasteiger partial charge is 0.494 e. The summed E-state index contributed by atoms with van der Waals surface area (Å²) in [6, 6.07) is 9.56. The van der Waals surface area contributed by atoms with Crippen molar-refractivity contribution in [2.24, 2.45) is 0 Å². The van der Waals surface area contributed by atoms with E-state index in [1.807, 2.05) is 43.5 Å². The van der Waals surface area contributed by atoms with Gasteiger partial charge in [-0.25, -0.2) is 9.97 Å². The van der Waals surface area contributed by atoms with Crippen LogP contribution in [0.1, 0.15) is 4.88 Å². The number of pyridine rings is 2. The highest BCUT2D eigenvalue weighted by atomic mass is 32.1. The SMILES string of the molecule is COc1cc(-c2ccc3c(O)n(-c4ccc(C)s4)cc3n2)cnc1OC. The predicted molar refractivity (Wildman–Crippen MR) is 102 cm³/mol. The smallest absolute Gasteiger partial charge is 0.256 e. The molecule has 0 saturated carbocycles. The molecule has 0 bridgehead atoms. The van der Waals surface area contributed by atoms with Gasteiger partial charge in [0.15, 0.2) is 5.75 Å². The molecular formula is C19H17N3O3S. The molecule has 0 aliphatic carbocycles. The molecule has 4 aromatic rings. The third-order valence-corrected chi connectivity index (χ3v) is 5.14. The van der Waals surface area contributed by atoms with Crippen LogP contribution >= 0.6 is 11.3 Å². The Kier molecular flexibility index (Phi) is 4.00. The van der Waals surface area contributed by atoms with Crippen molar-refractivity contribution in [3.05, 3.63) is 47.6 Å². The lowest BCUT2D eigenvalue weighted by Crippen LogP contribution is -1.94. The van der Waals surface area contributed by atoms with E-state index in [-0.39, 0.29) is 5.88 Å². The van der Waals surface area contributed by atoms with Gasteiger partial charge in [0, 0.05) is 22.8 Å². The van der Waals surface area contributed by atoms with E-state index in [0.29, 0.717) is 22.5 Å². The molecule has 1 N–H and O–H groups in total. The Morgan fingerprint density at radius 1 is 1.12 bits per heavy atom. The third-order valence-electron chi connectivity index (χ3n) is 4.14. The molecule has 0 fully saturated rings. The molecule has 0 aliphatic rings. The van der Waals surface area contributed by atoms with Crippen molar-refractivity contribution in [3.8, 4) is 33.8 Å². The van der Waals surface area contributed by atoms with Crippen LogP contribution < -0.4 is 9.47 Å². The highest BCUT2D eigenvalue weighted by Crippen LogP contribution is 2.34. The van der Waals surface area contributed by atoms with E-state index >= 15 is 0 Å². The predicted octanol–water partition coefficient (Wildman–Crippen LogP) is 4.18. The van der Waals surface area contributed by atoms with Crippen molar-refractivity contribution in [2.75, 3.05) is 14.2 Å². The third kappa shape index (κ3) is 2.66. The first-order valence-corrected chi connectivity index (χ1v) is 8.78. The number of aromatic hydroxyl groups is 1. The lowest BCUT2D eigenvalue weighted by Gasteiger charge is -2.08. The van der Waals surface area contributed by atoms with Crippen molar-refractivity contribution < 1.29 is 14.6 Å². The molecule has 0 radical (unpaired) electrons. The summed E-state index contributed by atoms with van der Waals surface area (Å²) in [6.45, 7) is 2.04. The van der Waals surface area contributed by atoms with Crippen LogP contribution in [-0.2, 0) is 0 Å². The number of rotatable bonds is 4. The van der Waals surface area contributed by atoms with E-state index in [1.54, 1.807) is 36.3 Å². The van der Waals surface area contributed by atoms with Gasteiger partial charge in [-0.1, -0.05) is 0 Å². The first-order chi connectivity index (χ1) is 12.6. The van der Waals surface area contributed by atoms with E-state index in [0.717, 1.165) is 16.3 Å². The van der Waals surface area contributed by atoms with Gasteiger partial charge in [0.25, 0.3) is 5.88 Å². The second-order valence-electron chi connectivity index (χ2n) is 5.77. The van der Waals surface area contributed by atoms with Crippen molar-refractivity contribution in [3.63, 3.8) is 0 Å². The Morgan fingerprint density at radius 2 is 1.96 bits per heavy atom. The molecule has 0 amide bonds. The molecule has 0 unspecified atom stereocenters. The normalized spacial score (nSPS) is 11.0. The van der Waals surface area contributed by atoms with E-state index in [4.69, 9.17) is 9.47 Å². The van der Waals surface area contributed by atoms with Crippen LogP contribution in [-0.4, -0.2) is 33.9 Å². The summed E-state index contributed by atoms with van der Waals surface area (Å²) >= 11 is 1.61. The average molecular weight is 367 g/mol. The lowest BCUT2D eigenvalue weighted by molar-refractivity contribution is 0.343. The van der Waals surface area contributed by atoms with Crippen LogP contribution in [0, 0.1) is 6.92 Å². The van der Waals surface area contributed by atoms with E-state index in [1.165, 1.54) is 4.88 Å². The number of aromatic nitrogens is 3. The van der Waals surface area contributed by atoms with Crippen molar-refractivity contribution in [1.82, 2.24) is 14.5 Å². The van der Waals surface area contributed by atoms with Gasteiger partial charge in [0.1, 0.15) is 5.00 Å². The quantitative estimate of drug-likeness (QED) is 0.586. The zero-order valence-electron chi connectivity index (χ0n) is 14.6. The maximum absolute atomic E-state index is 10.5. The standard InChI is InChI=1S/C19H17N3O3S/c1-11-4-7-17(26-11)22-10-15-13(19(22)23)5-6-14(21-15)12-8-16(24-2)18(25-3)20-9-12/h4-10,23H,1-3H3. The highest BCUT2D eigenvalue weighted by molar-refractivity contribution is 7.14. The number of hydrogen-bond donors (Lipinski definition) is 1. The molecule has 26 heavy (non-hydrogen) atoms. The molecule has 132 valence electrons. The number of ether oxygens (including phenoxy) is 2. The Balaban J connectivity index is 1.81. The van der Waals surface area contributed by atoms with Gasteiger partial charge < -0.3 is 14.6 Å². The topological polar surface area (TPSA) is 69.4 Å². The average Bonchev–Trinajstić information content (AvgIpc) is 3.24. The van der Waals surface area contributed by atoms with Crippen LogP contribution in [0.15, 0.2) is 42.7 Å². The summed E-state index contributed by atoms with van der Waals surface area (Å²) in [5, 5.41) is 12.2. The summed E-state index contributed by atoms with van der Waals surface area (Å²) < 4.78 is 12.2. The zero-order chi connectivity index (χ0) is 18.3. The maximum atomic E-state index is 10.5. The molecule has 7 heteroatoms. The van der Waals surface area contributed by atoms with Crippen LogP contribution in [0.4, 0.5) is 0 Å². The van der Waals surface area contributed by atoms with Gasteiger partial charge in [0.05, 0.1) is 30.8 Å². The molecular weight excluding hydrogens is 350 g/mol. The number of aryl methyl sites for hydroxylation is 1.